The van der Waals surface area contributed by atoms with Crippen molar-refractivity contribution in [1.29, 1.82) is 0 Å². The van der Waals surface area contributed by atoms with Crippen molar-refractivity contribution in [1.82, 2.24) is 5.32 Å². The van der Waals surface area contributed by atoms with Crippen LogP contribution >= 0.6 is 15.9 Å². The lowest BCUT2D eigenvalue weighted by molar-refractivity contribution is 0.310. The molecule has 5 heteroatoms. The van der Waals surface area contributed by atoms with Crippen LogP contribution in [0.2, 0.25) is 0 Å². The van der Waals surface area contributed by atoms with Gasteiger partial charge >= 0.3 is 0 Å². The minimum atomic E-state index is -0.154. The summed E-state index contributed by atoms with van der Waals surface area (Å²) in [5.41, 5.74) is 1.80. The number of hydrogen-bond donors (Lipinski definition) is 1. The molecule has 0 radical (unpaired) electrons. The fourth-order valence-corrected chi connectivity index (χ4v) is 2.75. The molecule has 2 aromatic rings. The van der Waals surface area contributed by atoms with Crippen LogP contribution in [0.4, 0.5) is 4.39 Å². The molecular formula is C18H21BrFNO2. The van der Waals surface area contributed by atoms with Crippen molar-refractivity contribution >= 4 is 15.9 Å². The van der Waals surface area contributed by atoms with Gasteiger partial charge in [-0.15, -0.1) is 0 Å². The summed E-state index contributed by atoms with van der Waals surface area (Å²) in [6.45, 7) is 3.88. The summed E-state index contributed by atoms with van der Waals surface area (Å²) in [5.74, 6) is 1.27. The topological polar surface area (TPSA) is 30.5 Å². The molecule has 0 atom stereocenters. The van der Waals surface area contributed by atoms with E-state index in [9.17, 15) is 4.39 Å². The molecule has 0 bridgehead atoms. The molecular weight excluding hydrogens is 361 g/mol. The average molecular weight is 382 g/mol. The highest BCUT2D eigenvalue weighted by Crippen LogP contribution is 2.33. The summed E-state index contributed by atoms with van der Waals surface area (Å²) in [6.07, 6.45) is 0.652. The SMILES string of the molecule is CCOc1cc(CNCCc2ccccc2F)c(Br)cc1OC. The molecule has 0 fully saturated rings. The number of ether oxygens (including phenoxy) is 2. The molecule has 0 aliphatic carbocycles. The number of hydrogen-bond acceptors (Lipinski definition) is 3. The second kappa shape index (κ2) is 8.89. The molecule has 23 heavy (non-hydrogen) atoms. The number of methoxy groups -OCH3 is 1. The van der Waals surface area contributed by atoms with Crippen molar-refractivity contribution in [3.05, 3.63) is 57.8 Å². The maximum atomic E-state index is 13.6. The Kier molecular flexibility index (Phi) is 6.86. The van der Waals surface area contributed by atoms with Crippen LogP contribution in [0.1, 0.15) is 18.1 Å². The third kappa shape index (κ3) is 4.94. The van der Waals surface area contributed by atoms with Gasteiger partial charge in [-0.2, -0.15) is 0 Å². The minimum Gasteiger partial charge on any atom is -0.493 e. The first-order valence-electron chi connectivity index (χ1n) is 7.59. The summed E-state index contributed by atoms with van der Waals surface area (Å²) in [4.78, 5) is 0. The zero-order chi connectivity index (χ0) is 16.7. The zero-order valence-corrected chi connectivity index (χ0v) is 15.0. The third-order valence-corrected chi connectivity index (χ3v) is 4.22. The monoisotopic (exact) mass is 381 g/mol. The van der Waals surface area contributed by atoms with Crippen LogP contribution in [-0.4, -0.2) is 20.3 Å². The van der Waals surface area contributed by atoms with Crippen molar-refractivity contribution in [2.24, 2.45) is 0 Å². The second-order valence-electron chi connectivity index (χ2n) is 5.05. The van der Waals surface area contributed by atoms with Gasteiger partial charge in [0.05, 0.1) is 13.7 Å². The smallest absolute Gasteiger partial charge is 0.161 e. The Morgan fingerprint density at radius 1 is 1.13 bits per heavy atom. The van der Waals surface area contributed by atoms with Crippen molar-refractivity contribution in [3.63, 3.8) is 0 Å². The van der Waals surface area contributed by atoms with Crippen molar-refractivity contribution in [2.75, 3.05) is 20.3 Å². The fraction of sp³-hybridized carbons (Fsp3) is 0.333. The first-order valence-corrected chi connectivity index (χ1v) is 8.38. The largest absolute Gasteiger partial charge is 0.493 e. The Balaban J connectivity index is 1.95. The lowest BCUT2D eigenvalue weighted by atomic mass is 10.1. The molecule has 2 aromatic carbocycles. The first-order chi connectivity index (χ1) is 11.2. The summed E-state index contributed by atoms with van der Waals surface area (Å²) >= 11 is 3.55. The summed E-state index contributed by atoms with van der Waals surface area (Å²) < 4.78 is 25.4. The maximum absolute atomic E-state index is 13.6. The van der Waals surface area contributed by atoms with Crippen LogP contribution in [-0.2, 0) is 13.0 Å². The highest BCUT2D eigenvalue weighted by atomic mass is 79.9. The molecule has 0 aromatic heterocycles. The zero-order valence-electron chi connectivity index (χ0n) is 13.4. The molecule has 0 spiro atoms. The quantitative estimate of drug-likeness (QED) is 0.690. The van der Waals surface area contributed by atoms with Gasteiger partial charge in [-0.05, 0) is 49.2 Å². The van der Waals surface area contributed by atoms with E-state index in [0.29, 0.717) is 31.9 Å². The molecule has 1 N–H and O–H groups in total. The summed E-state index contributed by atoms with van der Waals surface area (Å²) in [7, 11) is 1.62. The van der Waals surface area contributed by atoms with Gasteiger partial charge in [0, 0.05) is 11.0 Å². The van der Waals surface area contributed by atoms with Gasteiger partial charge < -0.3 is 14.8 Å². The average Bonchev–Trinajstić information content (AvgIpc) is 2.55. The number of halogens is 2. The minimum absolute atomic E-state index is 0.154. The Morgan fingerprint density at radius 3 is 2.61 bits per heavy atom. The van der Waals surface area contributed by atoms with Crippen molar-refractivity contribution in [3.8, 4) is 11.5 Å². The van der Waals surface area contributed by atoms with E-state index >= 15 is 0 Å². The van der Waals surface area contributed by atoms with Crippen LogP contribution < -0.4 is 14.8 Å². The standard InChI is InChI=1S/C18H21BrFNO2/c1-3-23-18-10-14(15(19)11-17(18)22-2)12-21-9-8-13-6-4-5-7-16(13)20/h4-7,10-11,21H,3,8-9,12H2,1-2H3. The van der Waals surface area contributed by atoms with Crippen LogP contribution in [0.15, 0.2) is 40.9 Å². The Hall–Kier alpha value is -1.59. The van der Waals surface area contributed by atoms with Crippen LogP contribution in [0, 0.1) is 5.82 Å². The number of benzene rings is 2. The third-order valence-electron chi connectivity index (χ3n) is 3.48. The van der Waals surface area contributed by atoms with Gasteiger partial charge in [-0.25, -0.2) is 4.39 Å². The van der Waals surface area contributed by atoms with E-state index in [0.717, 1.165) is 21.3 Å². The van der Waals surface area contributed by atoms with Crippen molar-refractivity contribution in [2.45, 2.75) is 19.9 Å². The number of nitrogens with one attached hydrogen (secondary N) is 1. The highest BCUT2D eigenvalue weighted by Gasteiger charge is 2.10. The molecule has 0 saturated carbocycles. The van der Waals surface area contributed by atoms with Crippen LogP contribution in [0.3, 0.4) is 0 Å². The van der Waals surface area contributed by atoms with E-state index in [1.54, 1.807) is 13.2 Å². The normalized spacial score (nSPS) is 10.6. The van der Waals surface area contributed by atoms with Gasteiger partial charge in [0.25, 0.3) is 0 Å². The molecule has 124 valence electrons. The van der Waals surface area contributed by atoms with Crippen LogP contribution in [0.25, 0.3) is 0 Å². The Bertz CT molecular complexity index is 649. The van der Waals surface area contributed by atoms with Gasteiger partial charge in [-0.1, -0.05) is 34.1 Å². The Labute approximate surface area is 144 Å². The van der Waals surface area contributed by atoms with E-state index in [4.69, 9.17) is 9.47 Å². The second-order valence-corrected chi connectivity index (χ2v) is 5.90. The van der Waals surface area contributed by atoms with E-state index in [1.165, 1.54) is 6.07 Å². The van der Waals surface area contributed by atoms with Crippen molar-refractivity contribution < 1.29 is 13.9 Å². The van der Waals surface area contributed by atoms with E-state index in [1.807, 2.05) is 31.2 Å². The van der Waals surface area contributed by atoms with E-state index in [2.05, 4.69) is 21.2 Å². The molecule has 0 aliphatic heterocycles. The molecule has 0 amide bonds. The molecule has 3 nitrogen and oxygen atoms in total. The van der Waals surface area contributed by atoms with Gasteiger partial charge in [-0.3, -0.25) is 0 Å². The lowest BCUT2D eigenvalue weighted by Crippen LogP contribution is -2.17. The molecule has 2 rings (SSSR count). The van der Waals surface area contributed by atoms with Crippen LogP contribution in [0.5, 0.6) is 11.5 Å². The molecule has 0 unspecified atom stereocenters. The fourth-order valence-electron chi connectivity index (χ4n) is 2.29. The van der Waals surface area contributed by atoms with E-state index < -0.39 is 0 Å². The maximum Gasteiger partial charge on any atom is 0.161 e. The van der Waals surface area contributed by atoms with Gasteiger partial charge in [0.15, 0.2) is 11.5 Å². The van der Waals surface area contributed by atoms with Gasteiger partial charge in [0.2, 0.25) is 0 Å². The van der Waals surface area contributed by atoms with Gasteiger partial charge in [0.1, 0.15) is 5.82 Å². The molecule has 0 aliphatic rings. The molecule has 0 saturated heterocycles. The summed E-state index contributed by atoms with van der Waals surface area (Å²) in [5, 5.41) is 3.33. The van der Waals surface area contributed by atoms with E-state index in [-0.39, 0.29) is 5.82 Å². The predicted molar refractivity (Wildman–Crippen MR) is 93.7 cm³/mol. The predicted octanol–water partition coefficient (Wildman–Crippen LogP) is 4.33. The Morgan fingerprint density at radius 2 is 1.91 bits per heavy atom. The number of rotatable bonds is 8. The highest BCUT2D eigenvalue weighted by molar-refractivity contribution is 9.10. The lowest BCUT2D eigenvalue weighted by Gasteiger charge is -2.13. The first kappa shape index (κ1) is 17.8. The molecule has 0 heterocycles. The summed E-state index contributed by atoms with van der Waals surface area (Å²) in [6, 6.07) is 10.7.